The van der Waals surface area contributed by atoms with Crippen LogP contribution in [0.5, 0.6) is 0 Å². The first-order valence-corrected chi connectivity index (χ1v) is 9.16. The van der Waals surface area contributed by atoms with Crippen molar-refractivity contribution in [2.45, 2.75) is 31.8 Å². The quantitative estimate of drug-likeness (QED) is 0.855. The molecule has 0 aliphatic carbocycles. The molecule has 2 saturated heterocycles. The normalized spacial score (nSPS) is 25.4. The van der Waals surface area contributed by atoms with E-state index in [-0.39, 0.29) is 17.9 Å². The minimum atomic E-state index is 0.131. The number of likely N-dealkylation sites (tertiary alicyclic amines) is 1. The molecule has 3 heterocycles. The number of amides is 1. The van der Waals surface area contributed by atoms with Gasteiger partial charge in [0.05, 0.1) is 19.3 Å². The Morgan fingerprint density at radius 2 is 2.16 bits per heavy atom. The number of para-hydroxylation sites is 2. The van der Waals surface area contributed by atoms with Crippen molar-refractivity contribution >= 4 is 17.0 Å². The lowest BCUT2D eigenvalue weighted by atomic mass is 9.98. The van der Waals surface area contributed by atoms with Crippen LogP contribution in [-0.4, -0.2) is 66.1 Å². The number of aromatic nitrogens is 1. The fraction of sp³-hybridized carbons (Fsp3) is 0.579. The van der Waals surface area contributed by atoms with Crippen LogP contribution in [0.15, 0.2) is 28.7 Å². The van der Waals surface area contributed by atoms with Crippen molar-refractivity contribution in [3.63, 3.8) is 0 Å². The topological polar surface area (TPSA) is 58.8 Å². The second-order valence-corrected chi connectivity index (χ2v) is 7.12. The molecule has 2 fully saturated rings. The molecule has 0 bridgehead atoms. The van der Waals surface area contributed by atoms with Crippen LogP contribution in [0, 0.1) is 0 Å². The Morgan fingerprint density at radius 3 is 3.00 bits per heavy atom. The molecule has 1 aromatic carbocycles. The maximum atomic E-state index is 12.6. The zero-order valence-corrected chi connectivity index (χ0v) is 14.7. The Balaban J connectivity index is 1.39. The van der Waals surface area contributed by atoms with E-state index in [9.17, 15) is 4.79 Å². The summed E-state index contributed by atoms with van der Waals surface area (Å²) >= 11 is 0. The SMILES string of the molecule is C[C@H]1CN(C(=O)CN2CCC[C@@H](c3nc4ccccc4o3)C2)CCO1. The predicted molar refractivity (Wildman–Crippen MR) is 94.4 cm³/mol. The zero-order valence-electron chi connectivity index (χ0n) is 14.7. The largest absolute Gasteiger partial charge is 0.440 e. The van der Waals surface area contributed by atoms with Gasteiger partial charge in [0.1, 0.15) is 5.52 Å². The highest BCUT2D eigenvalue weighted by Gasteiger charge is 2.28. The number of fused-ring (bicyclic) bond motifs is 1. The Morgan fingerprint density at radius 1 is 1.28 bits per heavy atom. The van der Waals surface area contributed by atoms with Gasteiger partial charge < -0.3 is 14.1 Å². The van der Waals surface area contributed by atoms with Gasteiger partial charge in [-0.15, -0.1) is 0 Å². The number of hydrogen-bond donors (Lipinski definition) is 0. The Hall–Kier alpha value is -1.92. The molecule has 134 valence electrons. The summed E-state index contributed by atoms with van der Waals surface area (Å²) in [4.78, 5) is 21.4. The Kier molecular flexibility index (Phi) is 4.72. The maximum absolute atomic E-state index is 12.6. The third-order valence-electron chi connectivity index (χ3n) is 5.12. The van der Waals surface area contributed by atoms with Gasteiger partial charge in [-0.05, 0) is 38.4 Å². The molecule has 1 aromatic heterocycles. The van der Waals surface area contributed by atoms with E-state index in [4.69, 9.17) is 9.15 Å². The molecule has 4 rings (SSSR count). The molecule has 6 nitrogen and oxygen atoms in total. The van der Waals surface area contributed by atoms with E-state index in [1.165, 1.54) is 0 Å². The number of carbonyl (C=O) groups is 1. The van der Waals surface area contributed by atoms with E-state index < -0.39 is 0 Å². The van der Waals surface area contributed by atoms with Crippen LogP contribution in [0.3, 0.4) is 0 Å². The number of carbonyl (C=O) groups excluding carboxylic acids is 1. The molecule has 2 aliphatic rings. The first-order valence-electron chi connectivity index (χ1n) is 9.16. The van der Waals surface area contributed by atoms with E-state index in [0.29, 0.717) is 26.2 Å². The fourth-order valence-corrected chi connectivity index (χ4v) is 3.80. The predicted octanol–water partition coefficient (Wildman–Crippen LogP) is 2.25. The number of ether oxygens (including phenoxy) is 1. The second-order valence-electron chi connectivity index (χ2n) is 7.12. The summed E-state index contributed by atoms with van der Waals surface area (Å²) in [6, 6.07) is 7.87. The lowest BCUT2D eigenvalue weighted by Gasteiger charge is -2.35. The van der Waals surface area contributed by atoms with Crippen LogP contribution in [0.1, 0.15) is 31.6 Å². The van der Waals surface area contributed by atoms with Crippen LogP contribution in [0.25, 0.3) is 11.1 Å². The van der Waals surface area contributed by atoms with Gasteiger partial charge in [0.25, 0.3) is 0 Å². The van der Waals surface area contributed by atoms with Crippen LogP contribution < -0.4 is 0 Å². The van der Waals surface area contributed by atoms with Crippen molar-refractivity contribution in [1.29, 1.82) is 0 Å². The van der Waals surface area contributed by atoms with Gasteiger partial charge in [0.15, 0.2) is 11.5 Å². The summed E-state index contributed by atoms with van der Waals surface area (Å²) in [5.41, 5.74) is 1.75. The van der Waals surface area contributed by atoms with E-state index in [1.54, 1.807) is 0 Å². The minimum Gasteiger partial charge on any atom is -0.440 e. The van der Waals surface area contributed by atoms with Crippen molar-refractivity contribution in [3.8, 4) is 0 Å². The van der Waals surface area contributed by atoms with Crippen molar-refractivity contribution in [3.05, 3.63) is 30.2 Å². The molecule has 0 spiro atoms. The lowest BCUT2D eigenvalue weighted by molar-refractivity contribution is -0.139. The molecule has 0 unspecified atom stereocenters. The van der Waals surface area contributed by atoms with Gasteiger partial charge in [0.2, 0.25) is 5.91 Å². The number of hydrogen-bond acceptors (Lipinski definition) is 5. The number of morpholine rings is 1. The molecular formula is C19H25N3O3. The van der Waals surface area contributed by atoms with Crippen molar-refractivity contribution < 1.29 is 13.9 Å². The van der Waals surface area contributed by atoms with Gasteiger partial charge >= 0.3 is 0 Å². The Labute approximate surface area is 147 Å². The zero-order chi connectivity index (χ0) is 17.2. The number of rotatable bonds is 3. The molecule has 0 radical (unpaired) electrons. The van der Waals surface area contributed by atoms with Crippen LogP contribution in [0.4, 0.5) is 0 Å². The standard InChI is InChI=1S/C19H25N3O3/c1-14-11-22(9-10-24-14)18(23)13-21-8-4-5-15(12-21)19-20-16-6-2-3-7-17(16)25-19/h2-3,6-7,14-15H,4-5,8-13H2,1H3/t14-,15+/m0/s1. The third-order valence-corrected chi connectivity index (χ3v) is 5.12. The number of nitrogens with zero attached hydrogens (tertiary/aromatic N) is 3. The fourth-order valence-electron chi connectivity index (χ4n) is 3.80. The maximum Gasteiger partial charge on any atom is 0.236 e. The highest BCUT2D eigenvalue weighted by atomic mass is 16.5. The summed E-state index contributed by atoms with van der Waals surface area (Å²) in [5, 5.41) is 0. The highest BCUT2D eigenvalue weighted by molar-refractivity contribution is 5.78. The summed E-state index contributed by atoms with van der Waals surface area (Å²) < 4.78 is 11.5. The molecule has 2 atom stereocenters. The Bertz CT molecular complexity index is 711. The lowest BCUT2D eigenvalue weighted by Crippen LogP contribution is -2.49. The summed E-state index contributed by atoms with van der Waals surface area (Å²) in [5.74, 6) is 1.27. The monoisotopic (exact) mass is 343 g/mol. The molecular weight excluding hydrogens is 318 g/mol. The van der Waals surface area contributed by atoms with Gasteiger partial charge in [-0.3, -0.25) is 9.69 Å². The minimum absolute atomic E-state index is 0.131. The van der Waals surface area contributed by atoms with Gasteiger partial charge in [-0.25, -0.2) is 4.98 Å². The van der Waals surface area contributed by atoms with Gasteiger partial charge in [-0.1, -0.05) is 12.1 Å². The van der Waals surface area contributed by atoms with E-state index >= 15 is 0 Å². The smallest absolute Gasteiger partial charge is 0.236 e. The molecule has 6 heteroatoms. The number of benzene rings is 1. The van der Waals surface area contributed by atoms with Gasteiger partial charge in [0, 0.05) is 25.6 Å². The summed E-state index contributed by atoms with van der Waals surface area (Å²) in [6.45, 7) is 6.32. The van der Waals surface area contributed by atoms with Gasteiger partial charge in [-0.2, -0.15) is 0 Å². The first kappa shape index (κ1) is 16.5. The molecule has 25 heavy (non-hydrogen) atoms. The summed E-state index contributed by atoms with van der Waals surface area (Å²) in [6.07, 6.45) is 2.26. The average Bonchev–Trinajstić information content (AvgIpc) is 3.06. The highest BCUT2D eigenvalue weighted by Crippen LogP contribution is 2.28. The number of oxazole rings is 1. The van der Waals surface area contributed by atoms with Crippen molar-refractivity contribution in [2.75, 3.05) is 39.3 Å². The third kappa shape index (κ3) is 3.70. The molecule has 0 saturated carbocycles. The summed E-state index contributed by atoms with van der Waals surface area (Å²) in [7, 11) is 0. The molecule has 0 N–H and O–H groups in total. The van der Waals surface area contributed by atoms with Crippen LogP contribution >= 0.6 is 0 Å². The second kappa shape index (κ2) is 7.14. The molecule has 2 aromatic rings. The van der Waals surface area contributed by atoms with E-state index in [0.717, 1.165) is 42.9 Å². The number of piperidine rings is 1. The first-order chi connectivity index (χ1) is 12.2. The van der Waals surface area contributed by atoms with E-state index in [1.807, 2.05) is 36.1 Å². The molecule has 2 aliphatic heterocycles. The average molecular weight is 343 g/mol. The van der Waals surface area contributed by atoms with Crippen molar-refractivity contribution in [1.82, 2.24) is 14.8 Å². The van der Waals surface area contributed by atoms with Crippen LogP contribution in [-0.2, 0) is 9.53 Å². The van der Waals surface area contributed by atoms with E-state index in [2.05, 4.69) is 9.88 Å². The van der Waals surface area contributed by atoms with Crippen molar-refractivity contribution in [2.24, 2.45) is 0 Å². The molecule has 1 amide bonds. The van der Waals surface area contributed by atoms with Crippen LogP contribution in [0.2, 0.25) is 0 Å².